The molecule has 0 unspecified atom stereocenters. The van der Waals surface area contributed by atoms with Crippen LogP contribution in [0.3, 0.4) is 0 Å². The van der Waals surface area contributed by atoms with Gasteiger partial charge in [-0.2, -0.15) is 0 Å². The van der Waals surface area contributed by atoms with Crippen molar-refractivity contribution in [2.24, 2.45) is 0 Å². The van der Waals surface area contributed by atoms with Crippen molar-refractivity contribution < 1.29 is 58.9 Å². The molecule has 3 rings (SSSR count). The van der Waals surface area contributed by atoms with E-state index in [1.54, 1.807) is 54.6 Å². The molecule has 8 nitrogen and oxygen atoms in total. The molecule has 0 aliphatic carbocycles. The summed E-state index contributed by atoms with van der Waals surface area (Å²) >= 11 is 0. The zero-order valence-corrected chi connectivity index (χ0v) is 22.1. The van der Waals surface area contributed by atoms with Gasteiger partial charge in [-0.1, -0.05) is 60.7 Å². The summed E-state index contributed by atoms with van der Waals surface area (Å²) in [7, 11) is 0. The van der Waals surface area contributed by atoms with Crippen molar-refractivity contribution in [3.05, 3.63) is 102 Å². The minimum absolute atomic E-state index is 0. The number of ether oxygens (including phenoxy) is 1. The van der Waals surface area contributed by atoms with Gasteiger partial charge in [0.15, 0.2) is 6.61 Å². The number of nitrogens with one attached hydrogen (secondary N) is 2. The number of carboxylic acid groups (broad SMARTS) is 1. The Morgan fingerprint density at radius 1 is 0.806 bits per heavy atom. The van der Waals surface area contributed by atoms with Crippen LogP contribution in [0.5, 0.6) is 5.75 Å². The molecule has 182 valence electrons. The second kappa shape index (κ2) is 15.1. The maximum atomic E-state index is 13.2. The van der Waals surface area contributed by atoms with Crippen LogP contribution in [-0.2, 0) is 22.4 Å². The number of amides is 2. The van der Waals surface area contributed by atoms with Crippen molar-refractivity contribution in [1.29, 1.82) is 0 Å². The summed E-state index contributed by atoms with van der Waals surface area (Å²) in [6.07, 6.45) is 0.547. The molecule has 2 atom stereocenters. The van der Waals surface area contributed by atoms with Gasteiger partial charge < -0.3 is 25.6 Å². The number of carbonyl (C=O) groups is 3. The Kier molecular flexibility index (Phi) is 12.2. The van der Waals surface area contributed by atoms with Crippen molar-refractivity contribution >= 4 is 17.8 Å². The van der Waals surface area contributed by atoms with E-state index in [1.807, 2.05) is 30.3 Å². The van der Waals surface area contributed by atoms with Crippen LogP contribution in [0.2, 0.25) is 0 Å². The van der Waals surface area contributed by atoms with E-state index in [4.69, 9.17) is 9.84 Å². The second-order valence-corrected chi connectivity index (χ2v) is 7.98. The third-order valence-electron chi connectivity index (χ3n) is 5.26. The molecule has 0 aliphatic heterocycles. The summed E-state index contributed by atoms with van der Waals surface area (Å²) in [5, 5.41) is 26.1. The van der Waals surface area contributed by atoms with Crippen LogP contribution in [-0.4, -0.2) is 48.2 Å². The van der Waals surface area contributed by atoms with Crippen molar-refractivity contribution in [2.75, 3.05) is 13.2 Å². The first kappa shape index (κ1) is 29.1. The average molecular weight is 499 g/mol. The average Bonchev–Trinajstić information content (AvgIpc) is 2.88. The minimum atomic E-state index is -1.09. The fourth-order valence-electron chi connectivity index (χ4n) is 3.49. The molecule has 0 saturated carbocycles. The van der Waals surface area contributed by atoms with E-state index < -0.39 is 43.1 Å². The van der Waals surface area contributed by atoms with Gasteiger partial charge in [0.1, 0.15) is 11.8 Å². The molecule has 9 heteroatoms. The van der Waals surface area contributed by atoms with E-state index in [9.17, 15) is 19.5 Å². The smallest absolute Gasteiger partial charge is 0.853 e. The largest absolute Gasteiger partial charge is 1.00 e. The molecule has 0 aromatic heterocycles. The summed E-state index contributed by atoms with van der Waals surface area (Å²) < 4.78 is 5.14. The first-order valence-corrected chi connectivity index (χ1v) is 11.2. The topological polar surface area (TPSA) is 128 Å². The summed E-state index contributed by atoms with van der Waals surface area (Å²) in [5.74, 6) is -1.58. The van der Waals surface area contributed by atoms with Gasteiger partial charge in [0.05, 0.1) is 0 Å². The zero-order valence-electron chi connectivity index (χ0n) is 20.1. The number of benzene rings is 3. The van der Waals surface area contributed by atoms with E-state index in [1.165, 1.54) is 0 Å². The predicted octanol–water partition coefficient (Wildman–Crippen LogP) is -1.42. The number of carboxylic acids is 1. The number of rotatable bonds is 12. The van der Waals surface area contributed by atoms with Gasteiger partial charge in [-0.05, 0) is 41.8 Å². The van der Waals surface area contributed by atoms with Crippen LogP contribution in [0, 0.1) is 0 Å². The van der Waals surface area contributed by atoms with Crippen LogP contribution in [0.1, 0.15) is 21.5 Å². The fraction of sp³-hybridized carbons (Fsp3) is 0.222. The quantitative estimate of drug-likeness (QED) is 0.263. The molecule has 3 aromatic carbocycles. The minimum Gasteiger partial charge on any atom is -0.853 e. The van der Waals surface area contributed by atoms with Gasteiger partial charge >= 0.3 is 35.5 Å². The Labute approximate surface area is 232 Å². The van der Waals surface area contributed by atoms with Gasteiger partial charge in [0, 0.05) is 18.0 Å². The van der Waals surface area contributed by atoms with Crippen LogP contribution in [0.25, 0.3) is 0 Å². The first-order chi connectivity index (χ1) is 16.9. The van der Waals surface area contributed by atoms with Gasteiger partial charge in [-0.15, -0.1) is 6.61 Å². The molecule has 0 heterocycles. The van der Waals surface area contributed by atoms with E-state index in [0.29, 0.717) is 17.7 Å². The van der Waals surface area contributed by atoms with E-state index in [2.05, 4.69) is 10.6 Å². The molecular formula is C27H27N2NaO6. The second-order valence-electron chi connectivity index (χ2n) is 7.98. The Bertz CT molecular complexity index is 1110. The Morgan fingerprint density at radius 2 is 1.39 bits per heavy atom. The fourth-order valence-corrected chi connectivity index (χ4v) is 3.49. The van der Waals surface area contributed by atoms with Gasteiger partial charge in [0.2, 0.25) is 5.91 Å². The summed E-state index contributed by atoms with van der Waals surface area (Å²) in [4.78, 5) is 36.6. The van der Waals surface area contributed by atoms with Crippen LogP contribution in [0.15, 0.2) is 84.9 Å². The normalized spacial score (nSPS) is 11.9. The maximum absolute atomic E-state index is 13.2. The van der Waals surface area contributed by atoms with Crippen molar-refractivity contribution in [3.8, 4) is 5.75 Å². The molecule has 0 saturated heterocycles. The molecule has 3 N–H and O–H groups in total. The number of hydrogen-bond donors (Lipinski definition) is 3. The Morgan fingerprint density at radius 3 is 1.97 bits per heavy atom. The first-order valence-electron chi connectivity index (χ1n) is 11.2. The summed E-state index contributed by atoms with van der Waals surface area (Å²) in [5.41, 5.74) is 2.06. The Hall–Kier alpha value is -3.17. The van der Waals surface area contributed by atoms with Gasteiger partial charge in [-0.25, -0.2) is 4.79 Å². The molecule has 36 heavy (non-hydrogen) atoms. The van der Waals surface area contributed by atoms with E-state index in [-0.39, 0.29) is 36.0 Å². The standard InChI is InChI=1S/C27H27N2O6.Na/c30-17-22(15-19-7-3-1-4-8-19)28-27(34)24(29-26(33)21-9-5-2-6-10-21)16-20-11-13-23(14-12-20)35-18-25(31)32;/h1-14,22,24H,15-18H2,(H,28,34)(H,29,33)(H,31,32);/q-1;+1/t22-,24-;/m0./s1. The molecular weight excluding hydrogens is 471 g/mol. The Balaban J connectivity index is 0.00000456. The molecule has 0 bridgehead atoms. The predicted molar refractivity (Wildman–Crippen MR) is 128 cm³/mol. The zero-order chi connectivity index (χ0) is 25.0. The molecule has 0 aliphatic rings. The van der Waals surface area contributed by atoms with Gasteiger partial charge in [0.25, 0.3) is 5.91 Å². The monoisotopic (exact) mass is 498 g/mol. The molecule has 0 radical (unpaired) electrons. The molecule has 0 fully saturated rings. The number of carbonyl (C=O) groups excluding carboxylic acids is 2. The number of hydrogen-bond acceptors (Lipinski definition) is 5. The van der Waals surface area contributed by atoms with Crippen LogP contribution < -0.4 is 50.0 Å². The SMILES string of the molecule is O=C(O)COc1ccc(C[C@H](NC(=O)c2ccccc2)C(=O)N[C@H](C[O-])Cc2ccccc2)cc1.[Na+]. The van der Waals surface area contributed by atoms with Crippen molar-refractivity contribution in [2.45, 2.75) is 24.9 Å². The molecule has 3 aromatic rings. The van der Waals surface area contributed by atoms with Crippen LogP contribution >= 0.6 is 0 Å². The third-order valence-corrected chi connectivity index (χ3v) is 5.26. The number of aliphatic carboxylic acids is 1. The van der Waals surface area contributed by atoms with E-state index >= 15 is 0 Å². The van der Waals surface area contributed by atoms with Gasteiger partial charge in [-0.3, -0.25) is 9.59 Å². The van der Waals surface area contributed by atoms with Crippen molar-refractivity contribution in [1.82, 2.24) is 10.6 Å². The third kappa shape index (κ3) is 9.47. The van der Waals surface area contributed by atoms with E-state index in [0.717, 1.165) is 11.1 Å². The molecule has 2 amide bonds. The molecule has 0 spiro atoms. The van der Waals surface area contributed by atoms with Crippen LogP contribution in [0.4, 0.5) is 0 Å². The van der Waals surface area contributed by atoms with Crippen molar-refractivity contribution in [3.63, 3.8) is 0 Å². The summed E-state index contributed by atoms with van der Waals surface area (Å²) in [6.45, 7) is -0.967. The summed E-state index contributed by atoms with van der Waals surface area (Å²) in [6, 6.07) is 23.0. The maximum Gasteiger partial charge on any atom is 1.00 e.